The molecule has 0 radical (unpaired) electrons. The molecule has 0 saturated heterocycles. The summed E-state index contributed by atoms with van der Waals surface area (Å²) in [5, 5.41) is 66.2. The summed E-state index contributed by atoms with van der Waals surface area (Å²) in [6.07, 6.45) is 0.244. The minimum atomic E-state index is -1.04. The lowest BCUT2D eigenvalue weighted by atomic mass is 9.94. The van der Waals surface area contributed by atoms with Gasteiger partial charge in [-0.2, -0.15) is 0 Å². The van der Waals surface area contributed by atoms with Crippen molar-refractivity contribution in [2.45, 2.75) is 0 Å². The van der Waals surface area contributed by atoms with E-state index in [1.54, 1.807) is 0 Å². The first-order valence-corrected chi connectivity index (χ1v) is 12.9. The third kappa shape index (κ3) is 3.93. The number of aldehydes is 2. The predicted molar refractivity (Wildman–Crippen MR) is 157 cm³/mol. The van der Waals surface area contributed by atoms with Crippen LogP contribution in [0.1, 0.15) is 41.4 Å². The Morgan fingerprint density at radius 2 is 0.870 bits per heavy atom. The van der Waals surface area contributed by atoms with Gasteiger partial charge >= 0.3 is 11.9 Å². The number of hydrogen-bond acceptors (Lipinski definition) is 16. The van der Waals surface area contributed by atoms with Gasteiger partial charge in [0.05, 0.1) is 47.6 Å². The van der Waals surface area contributed by atoms with Crippen LogP contribution in [0, 0.1) is 0 Å². The second-order valence-electron chi connectivity index (χ2n) is 9.69. The van der Waals surface area contributed by atoms with Crippen LogP contribution in [-0.2, 0) is 9.47 Å². The molecule has 16 nitrogen and oxygen atoms in total. The molecule has 0 spiro atoms. The summed E-state index contributed by atoms with van der Waals surface area (Å²) >= 11 is 0. The first-order chi connectivity index (χ1) is 22.0. The standard InChI is InChI=1S/C30H18N4O12/c1-45-29(43)9-3-5-13(37)21-17(9)33-23-19(31-21)11(7-35)25(39)15(27(23)41)16-26(40)12(8-36)20-24(28(16)42)34-18-10(30(44)46-2)4-6-14(38)22(18)32-20/h3-8,37-42H,1-2H3. The summed E-state index contributed by atoms with van der Waals surface area (Å²) in [7, 11) is 2.18. The van der Waals surface area contributed by atoms with Crippen molar-refractivity contribution in [2.24, 2.45) is 0 Å². The van der Waals surface area contributed by atoms with Crippen molar-refractivity contribution in [1.82, 2.24) is 19.9 Å². The van der Waals surface area contributed by atoms with Gasteiger partial charge in [0, 0.05) is 0 Å². The molecule has 230 valence electrons. The zero-order chi connectivity index (χ0) is 33.2. The zero-order valence-electron chi connectivity index (χ0n) is 23.4. The fourth-order valence-corrected chi connectivity index (χ4v) is 5.15. The molecule has 0 aliphatic carbocycles. The molecule has 46 heavy (non-hydrogen) atoms. The number of rotatable bonds is 5. The highest BCUT2D eigenvalue weighted by Gasteiger charge is 2.32. The maximum atomic E-state index is 12.4. The maximum absolute atomic E-state index is 12.4. The van der Waals surface area contributed by atoms with E-state index in [2.05, 4.69) is 19.9 Å². The molecule has 0 aliphatic rings. The Balaban J connectivity index is 1.79. The minimum Gasteiger partial charge on any atom is -0.506 e. The molecule has 4 aromatic carbocycles. The van der Waals surface area contributed by atoms with E-state index in [0.29, 0.717) is 0 Å². The molecule has 6 N–H and O–H groups in total. The Morgan fingerprint density at radius 3 is 1.20 bits per heavy atom. The molecule has 0 unspecified atom stereocenters. The van der Waals surface area contributed by atoms with Crippen molar-refractivity contribution in [1.29, 1.82) is 0 Å². The van der Waals surface area contributed by atoms with Crippen molar-refractivity contribution in [3.8, 4) is 45.6 Å². The van der Waals surface area contributed by atoms with E-state index in [1.807, 2.05) is 0 Å². The third-order valence-corrected chi connectivity index (χ3v) is 7.32. The molecule has 6 rings (SSSR count). The molecule has 0 saturated carbocycles. The Labute approximate surface area is 254 Å². The van der Waals surface area contributed by atoms with E-state index in [4.69, 9.17) is 9.47 Å². The average molecular weight is 626 g/mol. The predicted octanol–water partition coefficient (Wildman–Crippen LogP) is 2.98. The number of benzene rings is 4. The number of phenolic OH excluding ortho intramolecular Hbond substituents is 6. The molecule has 0 fully saturated rings. The Kier molecular flexibility index (Phi) is 6.62. The number of nitrogens with zero attached hydrogens (tertiary/aromatic N) is 4. The first-order valence-electron chi connectivity index (χ1n) is 12.9. The summed E-state index contributed by atoms with van der Waals surface area (Å²) in [6.45, 7) is 0. The van der Waals surface area contributed by atoms with Gasteiger partial charge in [-0.3, -0.25) is 9.59 Å². The Bertz CT molecular complexity index is 2220. The molecule has 0 aliphatic heterocycles. The maximum Gasteiger partial charge on any atom is 0.340 e. The van der Waals surface area contributed by atoms with Crippen molar-refractivity contribution in [2.75, 3.05) is 14.2 Å². The number of fused-ring (bicyclic) bond motifs is 4. The van der Waals surface area contributed by atoms with Gasteiger partial charge in [0.15, 0.2) is 24.1 Å². The lowest BCUT2D eigenvalue weighted by Crippen LogP contribution is -2.05. The van der Waals surface area contributed by atoms with E-state index in [0.717, 1.165) is 26.4 Å². The van der Waals surface area contributed by atoms with Crippen molar-refractivity contribution in [3.05, 3.63) is 46.5 Å². The lowest BCUT2D eigenvalue weighted by molar-refractivity contribution is 0.0593. The van der Waals surface area contributed by atoms with Crippen LogP contribution in [-0.4, -0.2) is 89.3 Å². The van der Waals surface area contributed by atoms with Crippen molar-refractivity contribution < 1.29 is 59.3 Å². The number of ether oxygens (including phenoxy) is 2. The van der Waals surface area contributed by atoms with E-state index in [9.17, 15) is 49.8 Å². The topological polar surface area (TPSA) is 260 Å². The van der Waals surface area contributed by atoms with Gasteiger partial charge in [-0.15, -0.1) is 0 Å². The molecule has 6 aromatic rings. The van der Waals surface area contributed by atoms with Gasteiger partial charge in [0.25, 0.3) is 0 Å². The average Bonchev–Trinajstić information content (AvgIpc) is 3.05. The first kappa shape index (κ1) is 29.2. The highest BCUT2D eigenvalue weighted by Crippen LogP contribution is 2.53. The summed E-state index contributed by atoms with van der Waals surface area (Å²) in [5.74, 6) is -6.79. The number of carbonyl (C=O) groups excluding carboxylic acids is 4. The van der Waals surface area contributed by atoms with Gasteiger partial charge in [-0.25, -0.2) is 29.5 Å². The molecular weight excluding hydrogens is 608 g/mol. The highest BCUT2D eigenvalue weighted by molar-refractivity contribution is 6.15. The van der Waals surface area contributed by atoms with Crippen LogP contribution in [0.5, 0.6) is 34.5 Å². The smallest absolute Gasteiger partial charge is 0.340 e. The summed E-state index contributed by atoms with van der Waals surface area (Å²) in [5.41, 5.74) is -6.39. The summed E-state index contributed by atoms with van der Waals surface area (Å²) in [4.78, 5) is 66.1. The third-order valence-electron chi connectivity index (χ3n) is 7.32. The van der Waals surface area contributed by atoms with E-state index < -0.39 is 90.8 Å². The second-order valence-corrected chi connectivity index (χ2v) is 9.69. The number of esters is 2. The normalized spacial score (nSPS) is 11.3. The number of phenols is 6. The van der Waals surface area contributed by atoms with E-state index >= 15 is 0 Å². The molecule has 0 atom stereocenters. The minimum absolute atomic E-state index is 0.122. The summed E-state index contributed by atoms with van der Waals surface area (Å²) in [6, 6.07) is 4.57. The molecule has 0 bridgehead atoms. The molecule has 16 heteroatoms. The zero-order valence-corrected chi connectivity index (χ0v) is 23.4. The van der Waals surface area contributed by atoms with Crippen LogP contribution in [0.25, 0.3) is 55.3 Å². The quantitative estimate of drug-likeness (QED) is 0.0912. The highest BCUT2D eigenvalue weighted by atomic mass is 16.5. The van der Waals surface area contributed by atoms with Gasteiger partial charge < -0.3 is 40.1 Å². The van der Waals surface area contributed by atoms with E-state index in [-0.39, 0.29) is 45.8 Å². The number of aromatic nitrogens is 4. The number of methoxy groups -OCH3 is 2. The van der Waals surface area contributed by atoms with Crippen LogP contribution in [0.4, 0.5) is 0 Å². The van der Waals surface area contributed by atoms with Crippen LogP contribution in [0.3, 0.4) is 0 Å². The fraction of sp³-hybridized carbons (Fsp3) is 0.0667. The number of carbonyl (C=O) groups is 4. The summed E-state index contributed by atoms with van der Waals surface area (Å²) < 4.78 is 9.49. The molecule has 2 heterocycles. The molecule has 2 aromatic heterocycles. The van der Waals surface area contributed by atoms with Crippen LogP contribution in [0.15, 0.2) is 24.3 Å². The van der Waals surface area contributed by atoms with Crippen LogP contribution < -0.4 is 0 Å². The fourth-order valence-electron chi connectivity index (χ4n) is 5.15. The second kappa shape index (κ2) is 10.4. The lowest BCUT2D eigenvalue weighted by Gasteiger charge is -2.18. The van der Waals surface area contributed by atoms with Crippen molar-refractivity contribution >= 4 is 68.6 Å². The van der Waals surface area contributed by atoms with Gasteiger partial charge in [-0.05, 0) is 24.3 Å². The monoisotopic (exact) mass is 626 g/mol. The molecule has 0 amide bonds. The SMILES string of the molecule is COC(=O)c1ccc(O)c2nc3c(C=O)c(O)c(-c4c(O)c(C=O)c5nc6c(O)ccc(C(=O)OC)c6nc5c4O)c(O)c3nc12. The number of hydrogen-bond donors (Lipinski definition) is 6. The Hall–Kier alpha value is -6.84. The largest absolute Gasteiger partial charge is 0.506 e. The van der Waals surface area contributed by atoms with Crippen molar-refractivity contribution in [3.63, 3.8) is 0 Å². The van der Waals surface area contributed by atoms with Crippen LogP contribution in [0.2, 0.25) is 0 Å². The van der Waals surface area contributed by atoms with Gasteiger partial charge in [0.1, 0.15) is 67.1 Å². The Morgan fingerprint density at radius 1 is 0.522 bits per heavy atom. The molecular formula is C30H18N4O12. The number of aromatic hydroxyl groups is 6. The van der Waals surface area contributed by atoms with Crippen LogP contribution >= 0.6 is 0 Å². The van der Waals surface area contributed by atoms with E-state index in [1.165, 1.54) is 12.1 Å². The van der Waals surface area contributed by atoms with Gasteiger partial charge in [0.2, 0.25) is 0 Å². The van der Waals surface area contributed by atoms with Gasteiger partial charge in [-0.1, -0.05) is 0 Å².